The van der Waals surface area contributed by atoms with Gasteiger partial charge in [-0.3, -0.25) is 0 Å². The van der Waals surface area contributed by atoms with Crippen molar-refractivity contribution in [3.8, 4) is 0 Å². The largest absolute Gasteiger partial charge is 0.377 e. The van der Waals surface area contributed by atoms with Crippen LogP contribution in [-0.4, -0.2) is 23.8 Å². The Balaban J connectivity index is 1.61. The van der Waals surface area contributed by atoms with Gasteiger partial charge in [0.05, 0.1) is 6.10 Å². The Labute approximate surface area is 170 Å². The van der Waals surface area contributed by atoms with E-state index in [2.05, 4.69) is 41.1 Å². The summed E-state index contributed by atoms with van der Waals surface area (Å²) in [5.41, 5.74) is 4.91. The van der Waals surface area contributed by atoms with Crippen molar-refractivity contribution in [1.82, 2.24) is 9.88 Å². The molecule has 0 bridgehead atoms. The van der Waals surface area contributed by atoms with Crippen molar-refractivity contribution < 1.29 is 4.74 Å². The fourth-order valence-corrected chi connectivity index (χ4v) is 4.38. The molecule has 0 radical (unpaired) electrons. The highest BCUT2D eigenvalue weighted by atomic mass is 35.5. The summed E-state index contributed by atoms with van der Waals surface area (Å²) >= 11 is 12.5. The first-order chi connectivity index (χ1) is 13.1. The molecule has 1 fully saturated rings. The lowest BCUT2D eigenvalue weighted by atomic mass is 10.1. The molecule has 0 spiro atoms. The zero-order valence-corrected chi connectivity index (χ0v) is 17.0. The molecule has 0 aliphatic carbocycles. The first kappa shape index (κ1) is 18.8. The van der Waals surface area contributed by atoms with Gasteiger partial charge >= 0.3 is 0 Å². The van der Waals surface area contributed by atoms with Crippen molar-refractivity contribution >= 4 is 34.1 Å². The van der Waals surface area contributed by atoms with E-state index < -0.39 is 0 Å². The zero-order valence-electron chi connectivity index (χ0n) is 15.5. The number of hydrogen-bond donors (Lipinski definition) is 1. The third-order valence-corrected chi connectivity index (χ3v) is 5.99. The number of para-hydroxylation sites is 1. The van der Waals surface area contributed by atoms with Crippen LogP contribution in [0.25, 0.3) is 10.9 Å². The molecule has 1 unspecified atom stereocenters. The molecule has 27 heavy (non-hydrogen) atoms. The van der Waals surface area contributed by atoms with E-state index >= 15 is 0 Å². The number of aromatic nitrogens is 1. The number of halogens is 2. The summed E-state index contributed by atoms with van der Waals surface area (Å²) in [5, 5.41) is 6.25. The van der Waals surface area contributed by atoms with Crippen molar-refractivity contribution in [3.63, 3.8) is 0 Å². The van der Waals surface area contributed by atoms with E-state index in [1.165, 1.54) is 28.6 Å². The normalized spacial score (nSPS) is 17.1. The molecule has 5 heteroatoms. The average Bonchev–Trinajstić information content (AvgIpc) is 3.26. The lowest BCUT2D eigenvalue weighted by Gasteiger charge is -2.12. The van der Waals surface area contributed by atoms with E-state index in [0.717, 1.165) is 38.2 Å². The molecule has 2 heterocycles. The molecule has 1 saturated heterocycles. The van der Waals surface area contributed by atoms with Gasteiger partial charge in [0, 0.05) is 52.9 Å². The minimum absolute atomic E-state index is 0.353. The van der Waals surface area contributed by atoms with Crippen molar-refractivity contribution in [1.29, 1.82) is 0 Å². The van der Waals surface area contributed by atoms with Crippen LogP contribution in [0.1, 0.15) is 29.7 Å². The lowest BCUT2D eigenvalue weighted by Crippen LogP contribution is -2.26. The molecular formula is C22H24Cl2N2O. The molecule has 142 valence electrons. The average molecular weight is 403 g/mol. The number of ether oxygens (including phenoxy) is 1. The van der Waals surface area contributed by atoms with Crippen LogP contribution in [0, 0.1) is 6.92 Å². The molecule has 0 saturated carbocycles. The highest BCUT2D eigenvalue weighted by Gasteiger charge is 2.17. The second kappa shape index (κ2) is 8.24. The smallest absolute Gasteiger partial charge is 0.0700 e. The quantitative estimate of drug-likeness (QED) is 0.582. The van der Waals surface area contributed by atoms with Gasteiger partial charge in [-0.05, 0) is 49.1 Å². The third kappa shape index (κ3) is 4.02. The van der Waals surface area contributed by atoms with Gasteiger partial charge in [-0.1, -0.05) is 47.5 Å². The van der Waals surface area contributed by atoms with Crippen molar-refractivity contribution in [2.45, 2.75) is 39.0 Å². The summed E-state index contributed by atoms with van der Waals surface area (Å²) in [6, 6.07) is 14.3. The van der Waals surface area contributed by atoms with Gasteiger partial charge in [-0.25, -0.2) is 0 Å². The molecule has 1 N–H and O–H groups in total. The molecule has 1 aliphatic heterocycles. The summed E-state index contributed by atoms with van der Waals surface area (Å²) < 4.78 is 8.06. The van der Waals surface area contributed by atoms with Crippen LogP contribution >= 0.6 is 23.2 Å². The van der Waals surface area contributed by atoms with Crippen LogP contribution in [0.3, 0.4) is 0 Å². The molecule has 2 aromatic carbocycles. The number of fused-ring (bicyclic) bond motifs is 1. The Morgan fingerprint density at radius 1 is 1.19 bits per heavy atom. The fourth-order valence-electron chi connectivity index (χ4n) is 3.91. The first-order valence-electron chi connectivity index (χ1n) is 9.46. The van der Waals surface area contributed by atoms with Crippen LogP contribution in [0.2, 0.25) is 10.0 Å². The number of hydrogen-bond acceptors (Lipinski definition) is 2. The zero-order chi connectivity index (χ0) is 18.8. The second-order valence-electron chi connectivity index (χ2n) is 7.17. The SMILES string of the molecule is Cc1c(CNCC2CCCO2)c2ccccc2n1Cc1ccc(Cl)cc1Cl. The highest BCUT2D eigenvalue weighted by molar-refractivity contribution is 6.35. The number of nitrogens with one attached hydrogen (secondary N) is 1. The molecule has 1 aromatic heterocycles. The van der Waals surface area contributed by atoms with Gasteiger partial charge < -0.3 is 14.6 Å². The Morgan fingerprint density at radius 2 is 2.04 bits per heavy atom. The summed E-state index contributed by atoms with van der Waals surface area (Å²) in [7, 11) is 0. The molecule has 1 aliphatic rings. The van der Waals surface area contributed by atoms with Crippen LogP contribution in [0.5, 0.6) is 0 Å². The predicted octanol–water partition coefficient (Wildman–Crippen LogP) is 5.57. The van der Waals surface area contributed by atoms with Crippen LogP contribution in [0.4, 0.5) is 0 Å². The van der Waals surface area contributed by atoms with Crippen LogP contribution < -0.4 is 5.32 Å². The maximum Gasteiger partial charge on any atom is 0.0700 e. The van der Waals surface area contributed by atoms with Crippen molar-refractivity contribution in [2.75, 3.05) is 13.2 Å². The van der Waals surface area contributed by atoms with Crippen molar-refractivity contribution in [2.24, 2.45) is 0 Å². The van der Waals surface area contributed by atoms with Gasteiger partial charge in [-0.15, -0.1) is 0 Å². The van der Waals surface area contributed by atoms with E-state index in [4.69, 9.17) is 27.9 Å². The summed E-state index contributed by atoms with van der Waals surface area (Å²) in [5.74, 6) is 0. The topological polar surface area (TPSA) is 26.2 Å². The van der Waals surface area contributed by atoms with E-state index in [9.17, 15) is 0 Å². The monoisotopic (exact) mass is 402 g/mol. The highest BCUT2D eigenvalue weighted by Crippen LogP contribution is 2.29. The molecule has 4 rings (SSSR count). The van der Waals surface area contributed by atoms with Gasteiger partial charge in [-0.2, -0.15) is 0 Å². The maximum absolute atomic E-state index is 6.42. The van der Waals surface area contributed by atoms with Gasteiger partial charge in [0.15, 0.2) is 0 Å². The van der Waals surface area contributed by atoms with E-state index in [1.54, 1.807) is 0 Å². The molecule has 3 nitrogen and oxygen atoms in total. The minimum Gasteiger partial charge on any atom is -0.377 e. The van der Waals surface area contributed by atoms with E-state index in [0.29, 0.717) is 16.1 Å². The van der Waals surface area contributed by atoms with Crippen molar-refractivity contribution in [3.05, 3.63) is 69.3 Å². The summed E-state index contributed by atoms with van der Waals surface area (Å²) in [6.07, 6.45) is 2.68. The van der Waals surface area contributed by atoms with E-state index in [1.807, 2.05) is 18.2 Å². The van der Waals surface area contributed by atoms with Crippen LogP contribution in [0.15, 0.2) is 42.5 Å². The Kier molecular flexibility index (Phi) is 5.74. The standard InChI is InChI=1S/C22H24Cl2N2O/c1-15-20(13-25-12-18-5-4-10-27-18)19-6-2-3-7-22(19)26(15)14-16-8-9-17(23)11-21(16)24/h2-3,6-9,11,18,25H,4-5,10,12-14H2,1H3. The fraction of sp³-hybridized carbons (Fsp3) is 0.364. The molecule has 1 atom stereocenters. The number of nitrogens with zero attached hydrogens (tertiary/aromatic N) is 1. The second-order valence-corrected chi connectivity index (χ2v) is 8.01. The number of rotatable bonds is 6. The number of benzene rings is 2. The molecule has 0 amide bonds. The molecule has 3 aromatic rings. The summed E-state index contributed by atoms with van der Waals surface area (Å²) in [6.45, 7) is 5.56. The summed E-state index contributed by atoms with van der Waals surface area (Å²) in [4.78, 5) is 0. The predicted molar refractivity (Wildman–Crippen MR) is 113 cm³/mol. The Hall–Kier alpha value is -1.52. The van der Waals surface area contributed by atoms with Gasteiger partial charge in [0.1, 0.15) is 0 Å². The third-order valence-electron chi connectivity index (χ3n) is 5.40. The molecular weight excluding hydrogens is 379 g/mol. The van der Waals surface area contributed by atoms with Crippen LogP contribution in [-0.2, 0) is 17.8 Å². The van der Waals surface area contributed by atoms with E-state index in [-0.39, 0.29) is 0 Å². The Bertz CT molecular complexity index is 945. The van der Waals surface area contributed by atoms with Gasteiger partial charge in [0.25, 0.3) is 0 Å². The maximum atomic E-state index is 6.42. The minimum atomic E-state index is 0.353. The first-order valence-corrected chi connectivity index (χ1v) is 10.2. The lowest BCUT2D eigenvalue weighted by molar-refractivity contribution is 0.110. The van der Waals surface area contributed by atoms with Gasteiger partial charge in [0.2, 0.25) is 0 Å². The Morgan fingerprint density at radius 3 is 2.81 bits per heavy atom.